The van der Waals surface area contributed by atoms with Crippen LogP contribution in [0.25, 0.3) is 0 Å². The minimum atomic E-state index is -0.266. The molecule has 4 rings (SSSR count). The number of aliphatic hydroxyl groups is 1. The molecule has 23 heavy (non-hydrogen) atoms. The van der Waals surface area contributed by atoms with Gasteiger partial charge in [-0.1, -0.05) is 6.42 Å². The third-order valence-corrected chi connectivity index (χ3v) is 5.38. The van der Waals surface area contributed by atoms with E-state index in [0.717, 1.165) is 31.6 Å². The lowest BCUT2D eigenvalue weighted by atomic mass is 9.83. The Morgan fingerprint density at radius 2 is 2.26 bits per heavy atom. The maximum Gasteiger partial charge on any atom is 0.0945 e. The lowest BCUT2D eigenvalue weighted by Crippen LogP contribution is -2.35. The van der Waals surface area contributed by atoms with Crippen molar-refractivity contribution in [1.82, 2.24) is 25.1 Å². The van der Waals surface area contributed by atoms with Gasteiger partial charge in [-0.15, -0.1) is 0 Å². The zero-order chi connectivity index (χ0) is 15.6. The molecule has 2 heterocycles. The van der Waals surface area contributed by atoms with Crippen molar-refractivity contribution < 1.29 is 5.11 Å². The van der Waals surface area contributed by atoms with Crippen LogP contribution < -0.4 is 5.32 Å². The SMILES string of the molecule is O[C@@H]1CC(Cn2ccnc2)C[C@H]1NCc1cc(C2CCC2)n[nH]1. The molecule has 0 bridgehead atoms. The summed E-state index contributed by atoms with van der Waals surface area (Å²) in [5, 5.41) is 21.4. The van der Waals surface area contributed by atoms with Gasteiger partial charge in [0.05, 0.1) is 18.1 Å². The summed E-state index contributed by atoms with van der Waals surface area (Å²) in [6.07, 6.45) is 11.1. The summed E-state index contributed by atoms with van der Waals surface area (Å²) in [6.45, 7) is 1.68. The number of H-pyrrole nitrogens is 1. The Bertz CT molecular complexity index is 619. The van der Waals surface area contributed by atoms with E-state index in [2.05, 4.69) is 31.1 Å². The third kappa shape index (κ3) is 3.33. The fourth-order valence-corrected chi connectivity index (χ4v) is 3.80. The number of aliphatic hydroxyl groups excluding tert-OH is 1. The minimum absolute atomic E-state index is 0.166. The summed E-state index contributed by atoms with van der Waals surface area (Å²) < 4.78 is 2.10. The maximum absolute atomic E-state index is 10.3. The molecule has 6 nitrogen and oxygen atoms in total. The van der Waals surface area contributed by atoms with E-state index in [0.29, 0.717) is 11.8 Å². The van der Waals surface area contributed by atoms with Gasteiger partial charge in [0, 0.05) is 43.1 Å². The zero-order valence-corrected chi connectivity index (χ0v) is 13.4. The third-order valence-electron chi connectivity index (χ3n) is 5.38. The lowest BCUT2D eigenvalue weighted by Gasteiger charge is -2.22. The van der Waals surface area contributed by atoms with Crippen molar-refractivity contribution in [3.63, 3.8) is 0 Å². The summed E-state index contributed by atoms with van der Waals surface area (Å²) in [5.74, 6) is 1.17. The maximum atomic E-state index is 10.3. The largest absolute Gasteiger partial charge is 0.391 e. The molecule has 0 radical (unpaired) electrons. The molecule has 2 aliphatic rings. The summed E-state index contributed by atoms with van der Waals surface area (Å²) in [5.41, 5.74) is 2.33. The van der Waals surface area contributed by atoms with Crippen LogP contribution in [-0.4, -0.2) is 37.0 Å². The first-order chi connectivity index (χ1) is 11.3. The van der Waals surface area contributed by atoms with E-state index in [9.17, 15) is 5.11 Å². The van der Waals surface area contributed by atoms with Crippen LogP contribution in [0.2, 0.25) is 0 Å². The van der Waals surface area contributed by atoms with Crippen LogP contribution >= 0.6 is 0 Å². The van der Waals surface area contributed by atoms with Crippen LogP contribution in [0.5, 0.6) is 0 Å². The molecule has 3 atom stereocenters. The van der Waals surface area contributed by atoms with E-state index in [1.807, 2.05) is 12.5 Å². The van der Waals surface area contributed by atoms with Crippen molar-refractivity contribution in [2.45, 2.75) is 63.3 Å². The van der Waals surface area contributed by atoms with Gasteiger partial charge in [-0.25, -0.2) is 4.98 Å². The van der Waals surface area contributed by atoms with E-state index in [4.69, 9.17) is 0 Å². The first kappa shape index (κ1) is 14.9. The molecule has 1 unspecified atom stereocenters. The average molecular weight is 315 g/mol. The van der Waals surface area contributed by atoms with Crippen molar-refractivity contribution in [1.29, 1.82) is 0 Å². The van der Waals surface area contributed by atoms with Crippen LogP contribution in [0.1, 0.15) is 49.4 Å². The topological polar surface area (TPSA) is 78.8 Å². The van der Waals surface area contributed by atoms with Crippen LogP contribution in [0.4, 0.5) is 0 Å². The number of nitrogens with one attached hydrogen (secondary N) is 2. The van der Waals surface area contributed by atoms with Gasteiger partial charge in [-0.05, 0) is 37.7 Å². The molecule has 2 fully saturated rings. The molecular weight excluding hydrogens is 290 g/mol. The van der Waals surface area contributed by atoms with Crippen molar-refractivity contribution in [3.8, 4) is 0 Å². The molecule has 2 aromatic rings. The molecule has 0 amide bonds. The number of aromatic amines is 1. The predicted octanol–water partition coefficient (Wildman–Crippen LogP) is 1.80. The number of hydrogen-bond donors (Lipinski definition) is 3. The van der Waals surface area contributed by atoms with E-state index >= 15 is 0 Å². The predicted molar refractivity (Wildman–Crippen MR) is 86.8 cm³/mol. The Morgan fingerprint density at radius 3 is 3.00 bits per heavy atom. The normalized spacial score (nSPS) is 28.1. The van der Waals surface area contributed by atoms with Gasteiger partial charge in [-0.2, -0.15) is 5.10 Å². The van der Waals surface area contributed by atoms with Gasteiger partial charge in [0.2, 0.25) is 0 Å². The highest BCUT2D eigenvalue weighted by molar-refractivity contribution is 5.15. The van der Waals surface area contributed by atoms with Crippen LogP contribution in [-0.2, 0) is 13.1 Å². The standard InChI is InChI=1S/C17H25N5O/c23-17-7-12(10-22-5-4-18-11-22)6-16(17)19-9-14-8-15(21-20-14)13-2-1-3-13/h4-5,8,11-13,16-17,19,23H,1-3,6-7,9-10H2,(H,20,21)/t12?,16-,17-/m1/s1. The Balaban J connectivity index is 1.28. The van der Waals surface area contributed by atoms with Crippen molar-refractivity contribution in [2.24, 2.45) is 5.92 Å². The monoisotopic (exact) mass is 315 g/mol. The fourth-order valence-electron chi connectivity index (χ4n) is 3.80. The molecule has 2 saturated carbocycles. The fraction of sp³-hybridized carbons (Fsp3) is 0.647. The smallest absolute Gasteiger partial charge is 0.0945 e. The number of nitrogens with zero attached hydrogens (tertiary/aromatic N) is 3. The van der Waals surface area contributed by atoms with E-state index in [1.54, 1.807) is 6.20 Å². The second-order valence-corrected chi connectivity index (χ2v) is 7.10. The molecule has 0 aliphatic heterocycles. The molecule has 0 aromatic carbocycles. The highest BCUT2D eigenvalue weighted by Gasteiger charge is 2.32. The second kappa shape index (κ2) is 6.45. The van der Waals surface area contributed by atoms with E-state index in [1.165, 1.54) is 25.0 Å². The van der Waals surface area contributed by atoms with Crippen LogP contribution in [0, 0.1) is 5.92 Å². The Labute approximate surface area is 136 Å². The van der Waals surface area contributed by atoms with E-state index < -0.39 is 0 Å². The quantitative estimate of drug-likeness (QED) is 0.759. The summed E-state index contributed by atoms with van der Waals surface area (Å²) in [4.78, 5) is 4.08. The Hall–Kier alpha value is -1.66. The van der Waals surface area contributed by atoms with Gasteiger partial charge in [0.25, 0.3) is 0 Å². The van der Waals surface area contributed by atoms with Crippen molar-refractivity contribution in [3.05, 3.63) is 36.2 Å². The first-order valence-corrected chi connectivity index (χ1v) is 8.69. The second-order valence-electron chi connectivity index (χ2n) is 7.10. The van der Waals surface area contributed by atoms with Crippen molar-refractivity contribution >= 4 is 0 Å². The first-order valence-electron chi connectivity index (χ1n) is 8.69. The minimum Gasteiger partial charge on any atom is -0.391 e. The Morgan fingerprint density at radius 1 is 1.35 bits per heavy atom. The number of rotatable bonds is 6. The summed E-state index contributed by atoms with van der Waals surface area (Å²) in [7, 11) is 0. The van der Waals surface area contributed by atoms with Gasteiger partial charge >= 0.3 is 0 Å². The molecule has 0 saturated heterocycles. The van der Waals surface area contributed by atoms with E-state index in [-0.39, 0.29) is 12.1 Å². The molecule has 2 aliphatic carbocycles. The van der Waals surface area contributed by atoms with Crippen LogP contribution in [0.3, 0.4) is 0 Å². The summed E-state index contributed by atoms with van der Waals surface area (Å²) >= 11 is 0. The van der Waals surface area contributed by atoms with Gasteiger partial charge in [0.15, 0.2) is 0 Å². The van der Waals surface area contributed by atoms with Crippen LogP contribution in [0.15, 0.2) is 24.8 Å². The van der Waals surface area contributed by atoms with Gasteiger partial charge in [-0.3, -0.25) is 5.10 Å². The highest BCUT2D eigenvalue weighted by atomic mass is 16.3. The molecular formula is C17H25N5O. The van der Waals surface area contributed by atoms with Gasteiger partial charge < -0.3 is 15.0 Å². The molecule has 2 aromatic heterocycles. The average Bonchev–Trinajstić information content (AvgIpc) is 3.18. The molecule has 124 valence electrons. The molecule has 3 N–H and O–H groups in total. The molecule has 0 spiro atoms. The highest BCUT2D eigenvalue weighted by Crippen LogP contribution is 2.35. The number of hydrogen-bond acceptors (Lipinski definition) is 4. The number of aromatic nitrogens is 4. The molecule has 6 heteroatoms. The number of imidazole rings is 1. The van der Waals surface area contributed by atoms with Crippen molar-refractivity contribution in [2.75, 3.05) is 0 Å². The lowest BCUT2D eigenvalue weighted by molar-refractivity contribution is 0.145. The summed E-state index contributed by atoms with van der Waals surface area (Å²) in [6, 6.07) is 2.35. The Kier molecular flexibility index (Phi) is 4.18. The van der Waals surface area contributed by atoms with Gasteiger partial charge in [0.1, 0.15) is 0 Å². The zero-order valence-electron chi connectivity index (χ0n) is 13.4.